The molecule has 0 heterocycles. The van der Waals surface area contributed by atoms with Crippen molar-refractivity contribution < 1.29 is 9.59 Å². The third-order valence-electron chi connectivity index (χ3n) is 8.25. The molecule has 3 fully saturated rings. The van der Waals surface area contributed by atoms with E-state index >= 15 is 0 Å². The van der Waals surface area contributed by atoms with Crippen LogP contribution in [0, 0.1) is 34.5 Å². The van der Waals surface area contributed by atoms with E-state index in [1.54, 1.807) is 0 Å². The third kappa shape index (κ3) is 3.14. The Morgan fingerprint density at radius 3 is 2.46 bits per heavy atom. The summed E-state index contributed by atoms with van der Waals surface area (Å²) in [5.74, 6) is 3.91. The predicted molar refractivity (Wildman–Crippen MR) is 107 cm³/mol. The highest BCUT2D eigenvalue weighted by Crippen LogP contribution is 2.66. The number of carbonyl (C=O) groups is 2. The molecule has 4 aliphatic rings. The van der Waals surface area contributed by atoms with Gasteiger partial charge in [0.25, 0.3) is 0 Å². The van der Waals surface area contributed by atoms with E-state index in [0.717, 1.165) is 30.1 Å². The Bertz CT molecular complexity index is 639. The summed E-state index contributed by atoms with van der Waals surface area (Å²) in [5.41, 5.74) is 2.19. The number of Topliss-reactive ketones (excluding diaryl/α,β-unsaturated/α-hetero) is 1. The number of hydrogen-bond acceptors (Lipinski definition) is 2. The zero-order valence-corrected chi connectivity index (χ0v) is 17.3. The van der Waals surface area contributed by atoms with Crippen LogP contribution in [0.2, 0.25) is 0 Å². The molecule has 3 saturated carbocycles. The summed E-state index contributed by atoms with van der Waals surface area (Å²) in [6, 6.07) is 0. The molecule has 0 aromatic heterocycles. The maximum atomic E-state index is 11.8. The molecule has 0 aromatic rings. The average molecular weight is 357 g/mol. The Morgan fingerprint density at radius 2 is 1.81 bits per heavy atom. The van der Waals surface area contributed by atoms with Crippen LogP contribution in [0.3, 0.4) is 0 Å². The Labute approximate surface area is 159 Å². The fourth-order valence-corrected chi connectivity index (χ4v) is 6.98. The van der Waals surface area contributed by atoms with Crippen LogP contribution < -0.4 is 0 Å². The molecule has 2 heteroatoms. The van der Waals surface area contributed by atoms with E-state index in [2.05, 4.69) is 26.8 Å². The predicted octanol–water partition coefficient (Wildman–Crippen LogP) is 5.92. The Balaban J connectivity index is 0.000000447. The lowest BCUT2D eigenvalue weighted by Crippen LogP contribution is -2.49. The van der Waals surface area contributed by atoms with Gasteiger partial charge in [-0.15, -0.1) is 0 Å². The quantitative estimate of drug-likeness (QED) is 0.585. The fourth-order valence-electron chi connectivity index (χ4n) is 6.98. The van der Waals surface area contributed by atoms with Crippen molar-refractivity contribution in [2.24, 2.45) is 34.5 Å². The van der Waals surface area contributed by atoms with Gasteiger partial charge < -0.3 is 4.79 Å². The standard InChI is InChI=1S/C21H30O.C3H6O/c1-4-14-6-8-18-17-7-5-15-13-16(22)9-11-21(15,3)19(17)10-12-20(14,18)2;1-3(2)4/h9,11,13-14,17-19H,4-8,10,12H2,1-3H3;1-2H3/t14-,17-,18-,19-,20+,21-;/m0./s1. The van der Waals surface area contributed by atoms with E-state index in [-0.39, 0.29) is 17.0 Å². The molecule has 0 N–H and O–H groups in total. The minimum absolute atomic E-state index is 0.167. The summed E-state index contributed by atoms with van der Waals surface area (Å²) >= 11 is 0. The molecule has 0 saturated heterocycles. The lowest BCUT2D eigenvalue weighted by molar-refractivity contribution is -0.115. The molecule has 2 nitrogen and oxygen atoms in total. The lowest BCUT2D eigenvalue weighted by atomic mass is 9.47. The van der Waals surface area contributed by atoms with Crippen LogP contribution in [0.1, 0.15) is 79.6 Å². The Morgan fingerprint density at radius 1 is 1.12 bits per heavy atom. The van der Waals surface area contributed by atoms with Gasteiger partial charge in [0.1, 0.15) is 5.78 Å². The summed E-state index contributed by atoms with van der Waals surface area (Å²) in [5, 5.41) is 0. The molecule has 0 unspecified atom stereocenters. The number of hydrogen-bond donors (Lipinski definition) is 0. The van der Waals surface area contributed by atoms with Crippen LogP contribution in [0.5, 0.6) is 0 Å². The number of fused-ring (bicyclic) bond motifs is 5. The lowest BCUT2D eigenvalue weighted by Gasteiger charge is -2.57. The van der Waals surface area contributed by atoms with Crippen molar-refractivity contribution in [3.8, 4) is 0 Å². The van der Waals surface area contributed by atoms with Crippen molar-refractivity contribution in [1.82, 2.24) is 0 Å². The molecular weight excluding hydrogens is 320 g/mol. The zero-order chi connectivity index (χ0) is 19.1. The largest absolute Gasteiger partial charge is 0.300 e. The van der Waals surface area contributed by atoms with Crippen LogP contribution in [0.4, 0.5) is 0 Å². The summed E-state index contributed by atoms with van der Waals surface area (Å²) < 4.78 is 0. The van der Waals surface area contributed by atoms with Gasteiger partial charge in [-0.25, -0.2) is 0 Å². The smallest absolute Gasteiger partial charge is 0.178 e. The van der Waals surface area contributed by atoms with E-state index in [0.29, 0.717) is 5.41 Å². The number of rotatable bonds is 1. The second-order valence-electron chi connectivity index (χ2n) is 9.74. The average Bonchev–Trinajstić information content (AvgIpc) is 2.91. The van der Waals surface area contributed by atoms with E-state index in [9.17, 15) is 9.59 Å². The highest BCUT2D eigenvalue weighted by Gasteiger charge is 2.57. The molecule has 26 heavy (non-hydrogen) atoms. The molecule has 0 bridgehead atoms. The van der Waals surface area contributed by atoms with Gasteiger partial charge in [0, 0.05) is 5.41 Å². The first-order chi connectivity index (χ1) is 12.2. The van der Waals surface area contributed by atoms with Crippen molar-refractivity contribution in [1.29, 1.82) is 0 Å². The molecule has 0 aliphatic heterocycles. The number of allylic oxidation sites excluding steroid dienone is 4. The second kappa shape index (κ2) is 7.09. The van der Waals surface area contributed by atoms with Crippen molar-refractivity contribution in [2.45, 2.75) is 79.6 Å². The molecular formula is C24H36O2. The van der Waals surface area contributed by atoms with Gasteiger partial charge in [-0.05, 0) is 93.6 Å². The van der Waals surface area contributed by atoms with Crippen molar-refractivity contribution >= 4 is 11.6 Å². The Hall–Kier alpha value is -1.18. The highest BCUT2D eigenvalue weighted by atomic mass is 16.1. The van der Waals surface area contributed by atoms with Gasteiger partial charge in [-0.1, -0.05) is 38.8 Å². The summed E-state index contributed by atoms with van der Waals surface area (Å²) in [6.07, 6.45) is 15.6. The first-order valence-electron chi connectivity index (χ1n) is 10.6. The number of carbonyl (C=O) groups excluding carboxylic acids is 2. The number of ketones is 2. The van der Waals surface area contributed by atoms with Crippen molar-refractivity contribution in [3.63, 3.8) is 0 Å². The topological polar surface area (TPSA) is 34.1 Å². The van der Waals surface area contributed by atoms with Gasteiger partial charge in [0.05, 0.1) is 0 Å². The van der Waals surface area contributed by atoms with E-state index in [4.69, 9.17) is 0 Å². The SMILES string of the molecule is CC(C)=O.CC[C@H]1CC[C@H]2[C@@H]3CCC4=CC(=O)C=C[C@]4(C)[C@H]3CC[C@]12C. The Kier molecular flexibility index (Phi) is 5.34. The van der Waals surface area contributed by atoms with Crippen LogP contribution >= 0.6 is 0 Å². The van der Waals surface area contributed by atoms with Crippen LogP contribution in [0.25, 0.3) is 0 Å². The van der Waals surface area contributed by atoms with Gasteiger partial charge in [0.2, 0.25) is 0 Å². The normalized spacial score (nSPS) is 43.4. The molecule has 6 atom stereocenters. The molecule has 0 aromatic carbocycles. The van der Waals surface area contributed by atoms with E-state index in [1.807, 2.05) is 12.2 Å². The summed E-state index contributed by atoms with van der Waals surface area (Å²) in [7, 11) is 0. The van der Waals surface area contributed by atoms with Crippen molar-refractivity contribution in [2.75, 3.05) is 0 Å². The molecule has 0 amide bonds. The first kappa shape index (κ1) is 19.6. The molecule has 0 spiro atoms. The van der Waals surface area contributed by atoms with E-state index < -0.39 is 0 Å². The highest BCUT2D eigenvalue weighted by molar-refractivity contribution is 6.01. The van der Waals surface area contributed by atoms with Crippen molar-refractivity contribution in [3.05, 3.63) is 23.8 Å². The van der Waals surface area contributed by atoms with Crippen LogP contribution in [-0.2, 0) is 9.59 Å². The molecule has 4 rings (SSSR count). The molecule has 144 valence electrons. The first-order valence-corrected chi connectivity index (χ1v) is 10.6. The second-order valence-corrected chi connectivity index (χ2v) is 9.74. The summed E-state index contributed by atoms with van der Waals surface area (Å²) in [6.45, 7) is 10.5. The fraction of sp³-hybridized carbons (Fsp3) is 0.750. The van der Waals surface area contributed by atoms with Gasteiger partial charge in [-0.3, -0.25) is 4.79 Å². The maximum absolute atomic E-state index is 11.8. The molecule has 4 aliphatic carbocycles. The summed E-state index contributed by atoms with van der Waals surface area (Å²) in [4.78, 5) is 21.2. The third-order valence-corrected chi connectivity index (χ3v) is 8.25. The molecule has 0 radical (unpaired) electrons. The van der Waals surface area contributed by atoms with Gasteiger partial charge in [-0.2, -0.15) is 0 Å². The van der Waals surface area contributed by atoms with Gasteiger partial charge >= 0.3 is 0 Å². The van der Waals surface area contributed by atoms with E-state index in [1.165, 1.54) is 57.9 Å². The maximum Gasteiger partial charge on any atom is 0.178 e. The zero-order valence-electron chi connectivity index (χ0n) is 17.3. The van der Waals surface area contributed by atoms with Crippen LogP contribution in [-0.4, -0.2) is 11.6 Å². The minimum atomic E-state index is 0.167. The monoisotopic (exact) mass is 356 g/mol. The minimum Gasteiger partial charge on any atom is -0.300 e. The van der Waals surface area contributed by atoms with Crippen LogP contribution in [0.15, 0.2) is 23.8 Å². The van der Waals surface area contributed by atoms with Gasteiger partial charge in [0.15, 0.2) is 5.78 Å².